The molecule has 29 heavy (non-hydrogen) atoms. The van der Waals surface area contributed by atoms with Gasteiger partial charge in [0.15, 0.2) is 11.5 Å². The number of carbonyl (C=O) groups is 2. The van der Waals surface area contributed by atoms with Gasteiger partial charge in [-0.15, -0.1) is 0 Å². The van der Waals surface area contributed by atoms with Crippen LogP contribution < -0.4 is 14.9 Å². The predicted octanol–water partition coefficient (Wildman–Crippen LogP) is 3.73. The maximum Gasteiger partial charge on any atom is 0.345 e. The summed E-state index contributed by atoms with van der Waals surface area (Å²) in [7, 11) is 1.45. The quantitative estimate of drug-likeness (QED) is 0.290. The molecule has 0 unspecified atom stereocenters. The van der Waals surface area contributed by atoms with Gasteiger partial charge in [-0.25, -0.2) is 10.2 Å². The van der Waals surface area contributed by atoms with E-state index in [1.165, 1.54) is 19.5 Å². The molecular formula is C21H16ClN3O4. The number of amides is 1. The molecule has 0 aliphatic carbocycles. The third-order valence-corrected chi connectivity index (χ3v) is 4.09. The van der Waals surface area contributed by atoms with Crippen LogP contribution in [-0.2, 0) is 0 Å². The van der Waals surface area contributed by atoms with Gasteiger partial charge in [0.1, 0.15) is 5.69 Å². The number of ether oxygens (including phenoxy) is 2. The molecule has 3 aromatic rings. The van der Waals surface area contributed by atoms with E-state index >= 15 is 0 Å². The Bertz CT molecular complexity index is 1050. The van der Waals surface area contributed by atoms with Crippen LogP contribution in [0.4, 0.5) is 0 Å². The van der Waals surface area contributed by atoms with Gasteiger partial charge in [0, 0.05) is 6.20 Å². The smallest absolute Gasteiger partial charge is 0.345 e. The summed E-state index contributed by atoms with van der Waals surface area (Å²) in [5, 5.41) is 4.19. The van der Waals surface area contributed by atoms with Crippen LogP contribution in [-0.4, -0.2) is 30.2 Å². The van der Waals surface area contributed by atoms with Crippen LogP contribution in [0.15, 0.2) is 72.0 Å². The van der Waals surface area contributed by atoms with E-state index in [4.69, 9.17) is 21.1 Å². The largest absolute Gasteiger partial charge is 0.493 e. The summed E-state index contributed by atoms with van der Waals surface area (Å²) in [5.74, 6) is -0.477. The molecule has 0 spiro atoms. The second-order valence-electron chi connectivity index (χ2n) is 5.69. The van der Waals surface area contributed by atoms with E-state index in [0.717, 1.165) is 0 Å². The Kier molecular flexibility index (Phi) is 6.55. The Morgan fingerprint density at radius 2 is 1.86 bits per heavy atom. The minimum atomic E-state index is -0.599. The fourth-order valence-corrected chi connectivity index (χ4v) is 2.56. The molecule has 7 nitrogen and oxygen atoms in total. The van der Waals surface area contributed by atoms with E-state index in [9.17, 15) is 9.59 Å². The van der Waals surface area contributed by atoms with Gasteiger partial charge >= 0.3 is 5.97 Å². The van der Waals surface area contributed by atoms with Gasteiger partial charge in [0.05, 0.1) is 23.9 Å². The molecule has 3 rings (SSSR count). The lowest BCUT2D eigenvalue weighted by Crippen LogP contribution is -2.18. The van der Waals surface area contributed by atoms with Crippen molar-refractivity contribution in [3.63, 3.8) is 0 Å². The number of carbonyl (C=O) groups excluding carboxylic acids is 2. The summed E-state index contributed by atoms with van der Waals surface area (Å²) in [6.07, 6.45) is 2.95. The van der Waals surface area contributed by atoms with Crippen LogP contribution in [0, 0.1) is 0 Å². The van der Waals surface area contributed by atoms with Crippen LogP contribution >= 0.6 is 11.6 Å². The average molecular weight is 410 g/mol. The highest BCUT2D eigenvalue weighted by Crippen LogP contribution is 2.29. The van der Waals surface area contributed by atoms with Crippen molar-refractivity contribution >= 4 is 29.7 Å². The number of aromatic nitrogens is 1. The van der Waals surface area contributed by atoms with E-state index in [0.29, 0.717) is 16.3 Å². The maximum atomic E-state index is 12.3. The summed E-state index contributed by atoms with van der Waals surface area (Å²) in [5.41, 5.74) is 3.52. The molecule has 1 heterocycles. The minimum Gasteiger partial charge on any atom is -0.493 e. The molecule has 146 valence electrons. The number of halogens is 1. The van der Waals surface area contributed by atoms with E-state index in [-0.39, 0.29) is 17.0 Å². The molecule has 0 saturated carbocycles. The number of nitrogens with zero attached hydrogens (tertiary/aromatic N) is 2. The lowest BCUT2D eigenvalue weighted by Gasteiger charge is -2.10. The van der Waals surface area contributed by atoms with Crippen LogP contribution in [0.1, 0.15) is 26.4 Å². The number of nitrogens with one attached hydrogen (secondary N) is 1. The van der Waals surface area contributed by atoms with Gasteiger partial charge in [0.2, 0.25) is 0 Å². The number of rotatable bonds is 6. The first-order valence-corrected chi connectivity index (χ1v) is 8.85. The van der Waals surface area contributed by atoms with Crippen molar-refractivity contribution in [2.45, 2.75) is 0 Å². The van der Waals surface area contributed by atoms with Crippen molar-refractivity contribution in [1.29, 1.82) is 0 Å². The SMILES string of the molecule is COc1cc(/C=N/NC(=O)c2ccccn2)ccc1OC(=O)c1ccccc1Cl. The van der Waals surface area contributed by atoms with Crippen LogP contribution in [0.3, 0.4) is 0 Å². The molecule has 0 aliphatic rings. The minimum absolute atomic E-state index is 0.229. The number of esters is 1. The molecule has 8 heteroatoms. The topological polar surface area (TPSA) is 89.9 Å². The molecule has 0 bridgehead atoms. The molecule has 2 aromatic carbocycles. The normalized spacial score (nSPS) is 10.6. The summed E-state index contributed by atoms with van der Waals surface area (Å²) < 4.78 is 10.7. The Morgan fingerprint density at radius 1 is 1.07 bits per heavy atom. The van der Waals surface area contributed by atoms with Gasteiger partial charge in [-0.3, -0.25) is 9.78 Å². The molecule has 0 fully saturated rings. The molecule has 0 aliphatic heterocycles. The lowest BCUT2D eigenvalue weighted by molar-refractivity contribution is 0.0729. The molecule has 1 N–H and O–H groups in total. The Labute approximate surface area is 171 Å². The van der Waals surface area contributed by atoms with Crippen molar-refractivity contribution in [2.24, 2.45) is 5.10 Å². The third kappa shape index (κ3) is 5.18. The number of hydrogen-bond acceptors (Lipinski definition) is 6. The van der Waals surface area contributed by atoms with E-state index < -0.39 is 11.9 Å². The summed E-state index contributed by atoms with van der Waals surface area (Å²) in [6.45, 7) is 0. The second kappa shape index (κ2) is 9.48. The standard InChI is InChI=1S/C21H16ClN3O4/c1-28-19-12-14(13-24-25-20(26)17-8-4-5-11-23-17)9-10-18(19)29-21(27)15-6-2-3-7-16(15)22/h2-13H,1H3,(H,25,26)/b24-13+. The van der Waals surface area contributed by atoms with Gasteiger partial charge in [-0.05, 0) is 48.0 Å². The average Bonchev–Trinajstić information content (AvgIpc) is 2.75. The van der Waals surface area contributed by atoms with Crippen LogP contribution in [0.5, 0.6) is 11.5 Å². The first-order valence-electron chi connectivity index (χ1n) is 8.47. The van der Waals surface area contributed by atoms with Crippen molar-refractivity contribution in [3.05, 3.63) is 88.7 Å². The van der Waals surface area contributed by atoms with Gasteiger partial charge in [0.25, 0.3) is 5.91 Å². The monoisotopic (exact) mass is 409 g/mol. The highest BCUT2D eigenvalue weighted by molar-refractivity contribution is 6.33. The maximum absolute atomic E-state index is 12.3. The fourth-order valence-electron chi connectivity index (χ4n) is 2.35. The summed E-state index contributed by atoms with van der Waals surface area (Å²) in [6, 6.07) is 16.4. The molecule has 0 radical (unpaired) electrons. The second-order valence-corrected chi connectivity index (χ2v) is 6.10. The van der Waals surface area contributed by atoms with Gasteiger partial charge in [-0.2, -0.15) is 5.10 Å². The van der Waals surface area contributed by atoms with Crippen molar-refractivity contribution in [1.82, 2.24) is 10.4 Å². The highest BCUT2D eigenvalue weighted by atomic mass is 35.5. The van der Waals surface area contributed by atoms with E-state index in [1.807, 2.05) is 0 Å². The Hall–Kier alpha value is -3.71. The number of pyridine rings is 1. The van der Waals surface area contributed by atoms with Crippen LogP contribution in [0.2, 0.25) is 5.02 Å². The fraction of sp³-hybridized carbons (Fsp3) is 0.0476. The van der Waals surface area contributed by atoms with Crippen molar-refractivity contribution in [3.8, 4) is 11.5 Å². The highest BCUT2D eigenvalue weighted by Gasteiger charge is 2.15. The summed E-state index contributed by atoms with van der Waals surface area (Å²) >= 11 is 6.02. The van der Waals surface area contributed by atoms with Gasteiger partial charge in [-0.1, -0.05) is 29.8 Å². The zero-order chi connectivity index (χ0) is 20.6. The molecular weight excluding hydrogens is 394 g/mol. The molecule has 1 amide bonds. The number of methoxy groups -OCH3 is 1. The zero-order valence-electron chi connectivity index (χ0n) is 15.3. The number of hydrogen-bond donors (Lipinski definition) is 1. The van der Waals surface area contributed by atoms with Crippen molar-refractivity contribution < 1.29 is 19.1 Å². The zero-order valence-corrected chi connectivity index (χ0v) is 16.1. The first kappa shape index (κ1) is 20.0. The Balaban J connectivity index is 1.69. The Morgan fingerprint density at radius 3 is 2.59 bits per heavy atom. The van der Waals surface area contributed by atoms with E-state index in [2.05, 4.69) is 15.5 Å². The lowest BCUT2D eigenvalue weighted by atomic mass is 10.2. The first-order chi connectivity index (χ1) is 14.1. The molecule has 0 atom stereocenters. The summed E-state index contributed by atoms with van der Waals surface area (Å²) in [4.78, 5) is 28.2. The van der Waals surface area contributed by atoms with Crippen LogP contribution in [0.25, 0.3) is 0 Å². The van der Waals surface area contributed by atoms with Crippen molar-refractivity contribution in [2.75, 3.05) is 7.11 Å². The predicted molar refractivity (Wildman–Crippen MR) is 109 cm³/mol. The number of benzene rings is 2. The van der Waals surface area contributed by atoms with E-state index in [1.54, 1.807) is 60.7 Å². The number of hydrazone groups is 1. The third-order valence-electron chi connectivity index (χ3n) is 3.76. The van der Waals surface area contributed by atoms with Gasteiger partial charge < -0.3 is 9.47 Å². The molecule has 0 saturated heterocycles. The molecule has 1 aromatic heterocycles.